The van der Waals surface area contributed by atoms with Gasteiger partial charge in [-0.25, -0.2) is 4.63 Å². The van der Waals surface area contributed by atoms with Gasteiger partial charge in [-0.05, 0) is 22.4 Å². The van der Waals surface area contributed by atoms with Crippen LogP contribution in [0.2, 0.25) is 0 Å². The highest BCUT2D eigenvalue weighted by atomic mass is 16.6. The summed E-state index contributed by atoms with van der Waals surface area (Å²) >= 11 is 0. The van der Waals surface area contributed by atoms with Crippen molar-refractivity contribution in [1.29, 1.82) is 0 Å². The van der Waals surface area contributed by atoms with Gasteiger partial charge in [-0.1, -0.05) is 5.16 Å². The molecule has 0 fully saturated rings. The summed E-state index contributed by atoms with van der Waals surface area (Å²) in [6, 6.07) is 3.53. The Labute approximate surface area is 101 Å². The van der Waals surface area contributed by atoms with E-state index >= 15 is 0 Å². The minimum absolute atomic E-state index is 0.420. The highest BCUT2D eigenvalue weighted by molar-refractivity contribution is 5.94. The zero-order valence-electron chi connectivity index (χ0n) is 9.54. The van der Waals surface area contributed by atoms with Gasteiger partial charge in [0.05, 0.1) is 17.9 Å². The first-order valence-electron chi connectivity index (χ1n) is 5.28. The molecule has 3 N–H and O–H groups in total. The number of nitrogen functional groups attached to an aromatic ring is 1. The molecule has 0 saturated carbocycles. The number of aryl methyl sites for hydroxylation is 1. The second-order valence-electron chi connectivity index (χ2n) is 3.75. The van der Waals surface area contributed by atoms with E-state index in [1.54, 1.807) is 19.1 Å². The van der Waals surface area contributed by atoms with Crippen LogP contribution in [-0.4, -0.2) is 20.5 Å². The fourth-order valence-corrected chi connectivity index (χ4v) is 1.62. The molecule has 0 saturated heterocycles. The van der Waals surface area contributed by atoms with E-state index in [2.05, 4.69) is 30.4 Å². The van der Waals surface area contributed by atoms with Crippen molar-refractivity contribution in [3.63, 3.8) is 0 Å². The van der Waals surface area contributed by atoms with E-state index in [4.69, 9.17) is 10.3 Å². The summed E-state index contributed by atoms with van der Waals surface area (Å²) in [4.78, 5) is 4.09. The normalized spacial score (nSPS) is 10.9. The SMILES string of the molecule is Cc1nc(CNc2ccc(N)c3nonc23)no1. The molecule has 92 valence electrons. The summed E-state index contributed by atoms with van der Waals surface area (Å²) in [5, 5.41) is 14.5. The monoisotopic (exact) mass is 246 g/mol. The van der Waals surface area contributed by atoms with E-state index in [-0.39, 0.29) is 0 Å². The predicted molar refractivity (Wildman–Crippen MR) is 62.6 cm³/mol. The molecular weight excluding hydrogens is 236 g/mol. The number of nitrogens with zero attached hydrogens (tertiary/aromatic N) is 4. The van der Waals surface area contributed by atoms with Gasteiger partial charge in [0.2, 0.25) is 5.89 Å². The van der Waals surface area contributed by atoms with Gasteiger partial charge in [0.15, 0.2) is 16.9 Å². The number of anilines is 2. The van der Waals surface area contributed by atoms with Crippen molar-refractivity contribution in [3.8, 4) is 0 Å². The second kappa shape index (κ2) is 3.99. The first-order chi connectivity index (χ1) is 8.74. The molecule has 18 heavy (non-hydrogen) atoms. The van der Waals surface area contributed by atoms with Crippen LogP contribution in [0.1, 0.15) is 11.7 Å². The summed E-state index contributed by atoms with van der Waals surface area (Å²) in [5.41, 5.74) is 8.13. The lowest BCUT2D eigenvalue weighted by molar-refractivity contribution is 0.315. The summed E-state index contributed by atoms with van der Waals surface area (Å²) in [6.45, 7) is 2.16. The molecule has 0 aliphatic rings. The average Bonchev–Trinajstić information content (AvgIpc) is 2.98. The van der Waals surface area contributed by atoms with Gasteiger partial charge in [-0.2, -0.15) is 4.98 Å². The molecule has 0 atom stereocenters. The van der Waals surface area contributed by atoms with Gasteiger partial charge in [-0.15, -0.1) is 0 Å². The number of fused-ring (bicyclic) bond motifs is 1. The fourth-order valence-electron chi connectivity index (χ4n) is 1.62. The Kier molecular flexibility index (Phi) is 2.33. The molecule has 3 aromatic rings. The third kappa shape index (κ3) is 1.73. The number of hydrogen-bond acceptors (Lipinski definition) is 8. The first kappa shape index (κ1) is 10.5. The van der Waals surface area contributed by atoms with Crippen LogP contribution in [0.15, 0.2) is 21.3 Å². The summed E-state index contributed by atoms with van der Waals surface area (Å²) in [7, 11) is 0. The Hall–Kier alpha value is -2.64. The van der Waals surface area contributed by atoms with Gasteiger partial charge in [0.25, 0.3) is 0 Å². The van der Waals surface area contributed by atoms with Crippen LogP contribution < -0.4 is 11.1 Å². The molecular formula is C10H10N6O2. The number of rotatable bonds is 3. The number of aromatic nitrogens is 4. The zero-order valence-corrected chi connectivity index (χ0v) is 9.54. The molecule has 0 radical (unpaired) electrons. The summed E-state index contributed by atoms with van der Waals surface area (Å²) in [5.74, 6) is 1.09. The molecule has 0 aliphatic heterocycles. The third-order valence-corrected chi connectivity index (χ3v) is 2.45. The number of nitrogens with two attached hydrogens (primary N) is 1. The molecule has 0 bridgehead atoms. The predicted octanol–water partition coefficient (Wildman–Crippen LogP) is 1.11. The van der Waals surface area contributed by atoms with E-state index in [9.17, 15) is 0 Å². The summed E-state index contributed by atoms with van der Waals surface area (Å²) in [6.07, 6.45) is 0. The van der Waals surface area contributed by atoms with E-state index < -0.39 is 0 Å². The van der Waals surface area contributed by atoms with Crippen molar-refractivity contribution in [3.05, 3.63) is 23.8 Å². The van der Waals surface area contributed by atoms with Gasteiger partial charge in [-0.3, -0.25) is 0 Å². The minimum Gasteiger partial charge on any atom is -0.397 e. The molecule has 0 spiro atoms. The molecule has 2 aromatic heterocycles. The third-order valence-electron chi connectivity index (χ3n) is 2.45. The highest BCUT2D eigenvalue weighted by Gasteiger charge is 2.10. The van der Waals surface area contributed by atoms with E-state index in [1.165, 1.54) is 0 Å². The van der Waals surface area contributed by atoms with Crippen LogP contribution in [0.25, 0.3) is 11.0 Å². The van der Waals surface area contributed by atoms with Gasteiger partial charge in [0.1, 0.15) is 0 Å². The lowest BCUT2D eigenvalue weighted by Gasteiger charge is -2.03. The zero-order chi connectivity index (χ0) is 12.5. The van der Waals surface area contributed by atoms with Crippen LogP contribution in [0, 0.1) is 6.92 Å². The minimum atomic E-state index is 0.420. The Balaban J connectivity index is 1.86. The number of benzene rings is 1. The van der Waals surface area contributed by atoms with Crippen molar-refractivity contribution in [2.45, 2.75) is 13.5 Å². The van der Waals surface area contributed by atoms with E-state index in [0.29, 0.717) is 35.0 Å². The van der Waals surface area contributed by atoms with Crippen molar-refractivity contribution >= 4 is 22.4 Å². The fraction of sp³-hybridized carbons (Fsp3) is 0.200. The van der Waals surface area contributed by atoms with Crippen molar-refractivity contribution in [1.82, 2.24) is 20.5 Å². The number of nitrogens with one attached hydrogen (secondary N) is 1. The smallest absolute Gasteiger partial charge is 0.223 e. The van der Waals surface area contributed by atoms with Crippen LogP contribution in [-0.2, 0) is 6.54 Å². The first-order valence-corrected chi connectivity index (χ1v) is 5.28. The molecule has 0 amide bonds. The number of hydrogen-bond donors (Lipinski definition) is 2. The Morgan fingerprint density at radius 1 is 1.22 bits per heavy atom. The van der Waals surface area contributed by atoms with Gasteiger partial charge >= 0.3 is 0 Å². The highest BCUT2D eigenvalue weighted by Crippen LogP contribution is 2.25. The van der Waals surface area contributed by atoms with Crippen LogP contribution in [0.3, 0.4) is 0 Å². The Morgan fingerprint density at radius 3 is 2.83 bits per heavy atom. The average molecular weight is 246 g/mol. The lowest BCUT2D eigenvalue weighted by atomic mass is 10.2. The van der Waals surface area contributed by atoms with Gasteiger partial charge in [0, 0.05) is 6.92 Å². The maximum Gasteiger partial charge on any atom is 0.223 e. The maximum absolute atomic E-state index is 5.75. The second-order valence-corrected chi connectivity index (χ2v) is 3.75. The molecule has 8 heteroatoms. The largest absolute Gasteiger partial charge is 0.397 e. The Bertz CT molecular complexity index is 689. The van der Waals surface area contributed by atoms with Gasteiger partial charge < -0.3 is 15.6 Å². The molecule has 2 heterocycles. The summed E-state index contributed by atoms with van der Waals surface area (Å²) < 4.78 is 9.55. The molecule has 0 unspecified atom stereocenters. The maximum atomic E-state index is 5.75. The lowest BCUT2D eigenvalue weighted by Crippen LogP contribution is -2.02. The van der Waals surface area contributed by atoms with E-state index in [1.807, 2.05) is 0 Å². The molecule has 3 rings (SSSR count). The molecule has 8 nitrogen and oxygen atoms in total. The topological polar surface area (TPSA) is 116 Å². The quantitative estimate of drug-likeness (QED) is 0.660. The Morgan fingerprint density at radius 2 is 2.06 bits per heavy atom. The van der Waals surface area contributed by atoms with Crippen molar-refractivity contribution < 1.29 is 9.15 Å². The van der Waals surface area contributed by atoms with Crippen LogP contribution in [0.5, 0.6) is 0 Å². The molecule has 0 aliphatic carbocycles. The van der Waals surface area contributed by atoms with Crippen LogP contribution >= 0.6 is 0 Å². The van der Waals surface area contributed by atoms with Crippen molar-refractivity contribution in [2.75, 3.05) is 11.1 Å². The van der Waals surface area contributed by atoms with E-state index in [0.717, 1.165) is 5.69 Å². The standard InChI is InChI=1S/C10H10N6O2/c1-5-13-8(14-17-5)4-12-7-3-2-6(11)9-10(7)16-18-15-9/h2-3,12H,4,11H2,1H3. The van der Waals surface area contributed by atoms with Crippen molar-refractivity contribution in [2.24, 2.45) is 0 Å². The van der Waals surface area contributed by atoms with Crippen LogP contribution in [0.4, 0.5) is 11.4 Å². The molecule has 1 aromatic carbocycles.